The van der Waals surface area contributed by atoms with Crippen molar-refractivity contribution in [3.05, 3.63) is 64.2 Å². The number of aromatic nitrogens is 1. The lowest BCUT2D eigenvalue weighted by atomic mass is 10.1. The van der Waals surface area contributed by atoms with Crippen molar-refractivity contribution in [1.82, 2.24) is 9.88 Å². The Bertz CT molecular complexity index is 916. The third kappa shape index (κ3) is 4.68. The van der Waals surface area contributed by atoms with Crippen LogP contribution in [0.1, 0.15) is 35.4 Å². The van der Waals surface area contributed by atoms with Crippen molar-refractivity contribution in [2.75, 3.05) is 6.61 Å². The van der Waals surface area contributed by atoms with Gasteiger partial charge in [-0.25, -0.2) is 4.39 Å². The summed E-state index contributed by atoms with van der Waals surface area (Å²) >= 11 is 0. The Balaban J connectivity index is 1.71. The second-order valence-corrected chi connectivity index (χ2v) is 7.05. The number of ether oxygens (including phenoxy) is 1. The average molecular weight is 381 g/mol. The van der Waals surface area contributed by atoms with E-state index in [9.17, 15) is 14.4 Å². The molecule has 0 aliphatic carbocycles. The number of halogens is 1. The first-order valence-electron chi connectivity index (χ1n) is 9.40. The van der Waals surface area contributed by atoms with E-state index in [0.29, 0.717) is 0 Å². The second-order valence-electron chi connectivity index (χ2n) is 7.05. The van der Waals surface area contributed by atoms with Crippen LogP contribution in [-0.2, 0) is 22.6 Å². The summed E-state index contributed by atoms with van der Waals surface area (Å²) in [4.78, 5) is 12.4. The number of nitriles is 1. The van der Waals surface area contributed by atoms with Gasteiger partial charge < -0.3 is 14.6 Å². The zero-order valence-electron chi connectivity index (χ0n) is 16.2. The number of nitrogens with zero attached hydrogens (tertiary/aromatic N) is 2. The third-order valence-electron chi connectivity index (χ3n) is 5.05. The molecule has 0 spiro atoms. The van der Waals surface area contributed by atoms with Crippen molar-refractivity contribution in [1.29, 1.82) is 5.26 Å². The summed E-state index contributed by atoms with van der Waals surface area (Å²) in [5.74, 6) is -0.776. The number of hydrogen-bond donors (Lipinski definition) is 1. The lowest BCUT2D eigenvalue weighted by Crippen LogP contribution is -2.24. The minimum Gasteiger partial charge on any atom is -0.376 e. The van der Waals surface area contributed by atoms with Gasteiger partial charge in [0, 0.05) is 31.1 Å². The lowest BCUT2D eigenvalue weighted by Gasteiger charge is -2.14. The molecule has 2 heterocycles. The standard InChI is InChI=1S/C22H24FN3O2/c1-15-10-18(16(2)26(15)14-21-4-3-9-28-21)11-19(12-24)22(27)25-13-17-5-7-20(23)8-6-17/h5-8,10-11,21H,3-4,9,13-14H2,1-2H3,(H,25,27)/b19-11+. The van der Waals surface area contributed by atoms with Crippen LogP contribution in [0.15, 0.2) is 35.9 Å². The maximum Gasteiger partial charge on any atom is 0.262 e. The van der Waals surface area contributed by atoms with Crippen LogP contribution < -0.4 is 5.32 Å². The molecule has 1 aliphatic heterocycles. The molecule has 6 heteroatoms. The number of aryl methyl sites for hydroxylation is 1. The minimum absolute atomic E-state index is 0.0412. The Morgan fingerprint density at radius 2 is 2.14 bits per heavy atom. The monoisotopic (exact) mass is 381 g/mol. The van der Waals surface area contributed by atoms with Crippen molar-refractivity contribution >= 4 is 12.0 Å². The average Bonchev–Trinajstić information content (AvgIpc) is 3.29. The Kier molecular flexibility index (Phi) is 6.27. The fourth-order valence-corrected chi connectivity index (χ4v) is 3.43. The Labute approximate surface area is 164 Å². The first-order valence-corrected chi connectivity index (χ1v) is 9.40. The summed E-state index contributed by atoms with van der Waals surface area (Å²) in [6.45, 7) is 5.82. The molecule has 1 saturated heterocycles. The van der Waals surface area contributed by atoms with Crippen LogP contribution in [0, 0.1) is 31.0 Å². The quantitative estimate of drug-likeness (QED) is 0.614. The smallest absolute Gasteiger partial charge is 0.262 e. The number of amides is 1. The number of hydrogen-bond acceptors (Lipinski definition) is 3. The molecule has 1 aromatic heterocycles. The molecule has 0 radical (unpaired) electrons. The maximum absolute atomic E-state index is 13.0. The van der Waals surface area contributed by atoms with Crippen molar-refractivity contribution < 1.29 is 13.9 Å². The van der Waals surface area contributed by atoms with E-state index in [1.54, 1.807) is 18.2 Å². The van der Waals surface area contributed by atoms with Crippen molar-refractivity contribution in [3.63, 3.8) is 0 Å². The normalized spacial score (nSPS) is 16.8. The Hall–Kier alpha value is -2.91. The zero-order chi connectivity index (χ0) is 20.1. The van der Waals surface area contributed by atoms with E-state index >= 15 is 0 Å². The first kappa shape index (κ1) is 19.8. The number of rotatable bonds is 6. The SMILES string of the molecule is Cc1cc(/C=C(\C#N)C(=O)NCc2ccc(F)cc2)c(C)n1CC1CCCO1. The van der Waals surface area contributed by atoms with Crippen LogP contribution in [-0.4, -0.2) is 23.2 Å². The third-order valence-corrected chi connectivity index (χ3v) is 5.05. The van der Waals surface area contributed by atoms with Gasteiger partial charge in [0.05, 0.1) is 6.10 Å². The van der Waals surface area contributed by atoms with E-state index in [1.165, 1.54) is 12.1 Å². The molecule has 1 fully saturated rings. The number of carbonyl (C=O) groups is 1. The molecule has 1 amide bonds. The van der Waals surface area contributed by atoms with Gasteiger partial charge in [0.2, 0.25) is 0 Å². The number of nitrogens with one attached hydrogen (secondary N) is 1. The van der Waals surface area contributed by atoms with E-state index in [-0.39, 0.29) is 24.0 Å². The van der Waals surface area contributed by atoms with Crippen LogP contribution >= 0.6 is 0 Å². The van der Waals surface area contributed by atoms with E-state index in [0.717, 1.165) is 48.5 Å². The largest absolute Gasteiger partial charge is 0.376 e. The van der Waals surface area contributed by atoms with Crippen LogP contribution in [0.2, 0.25) is 0 Å². The molecule has 1 unspecified atom stereocenters. The lowest BCUT2D eigenvalue weighted by molar-refractivity contribution is -0.117. The molecule has 1 N–H and O–H groups in total. The van der Waals surface area contributed by atoms with E-state index in [2.05, 4.69) is 9.88 Å². The summed E-state index contributed by atoms with van der Waals surface area (Å²) < 4.78 is 20.9. The van der Waals surface area contributed by atoms with Crippen LogP contribution in [0.5, 0.6) is 0 Å². The predicted molar refractivity (Wildman–Crippen MR) is 105 cm³/mol. The summed E-state index contributed by atoms with van der Waals surface area (Å²) in [5.41, 5.74) is 3.74. The Morgan fingerprint density at radius 1 is 1.39 bits per heavy atom. The molecular weight excluding hydrogens is 357 g/mol. The molecule has 2 aromatic rings. The van der Waals surface area contributed by atoms with E-state index in [1.807, 2.05) is 26.0 Å². The predicted octanol–water partition coefficient (Wildman–Crippen LogP) is 3.65. The molecule has 1 atom stereocenters. The van der Waals surface area contributed by atoms with Crippen molar-refractivity contribution in [2.45, 2.75) is 45.9 Å². The Morgan fingerprint density at radius 3 is 2.79 bits per heavy atom. The molecule has 5 nitrogen and oxygen atoms in total. The van der Waals surface area contributed by atoms with Crippen LogP contribution in [0.4, 0.5) is 4.39 Å². The summed E-state index contributed by atoms with van der Waals surface area (Å²) in [7, 11) is 0. The molecular formula is C22H24FN3O2. The topological polar surface area (TPSA) is 67.0 Å². The number of benzene rings is 1. The molecule has 28 heavy (non-hydrogen) atoms. The van der Waals surface area contributed by atoms with Gasteiger partial charge in [-0.05, 0) is 62.1 Å². The zero-order valence-corrected chi connectivity index (χ0v) is 16.2. The molecule has 3 rings (SSSR count). The van der Waals surface area contributed by atoms with E-state index in [4.69, 9.17) is 4.74 Å². The highest BCUT2D eigenvalue weighted by molar-refractivity contribution is 6.01. The van der Waals surface area contributed by atoms with Gasteiger partial charge in [0.25, 0.3) is 5.91 Å². The fourth-order valence-electron chi connectivity index (χ4n) is 3.43. The molecule has 146 valence electrons. The highest BCUT2D eigenvalue weighted by Crippen LogP contribution is 2.22. The van der Waals surface area contributed by atoms with Gasteiger partial charge in [0.15, 0.2) is 0 Å². The van der Waals surface area contributed by atoms with Gasteiger partial charge in [-0.2, -0.15) is 5.26 Å². The van der Waals surface area contributed by atoms with Gasteiger partial charge in [-0.3, -0.25) is 4.79 Å². The summed E-state index contributed by atoms with van der Waals surface area (Å²) in [6, 6.07) is 9.84. The van der Waals surface area contributed by atoms with Crippen molar-refractivity contribution in [3.8, 4) is 6.07 Å². The summed E-state index contributed by atoms with van der Waals surface area (Å²) in [6.07, 6.45) is 3.98. The minimum atomic E-state index is -0.448. The highest BCUT2D eigenvalue weighted by Gasteiger charge is 2.19. The van der Waals surface area contributed by atoms with Gasteiger partial charge in [0.1, 0.15) is 17.5 Å². The van der Waals surface area contributed by atoms with Crippen molar-refractivity contribution in [2.24, 2.45) is 0 Å². The fraction of sp³-hybridized carbons (Fsp3) is 0.364. The highest BCUT2D eigenvalue weighted by atomic mass is 19.1. The van der Waals surface area contributed by atoms with Gasteiger partial charge in [-0.15, -0.1) is 0 Å². The van der Waals surface area contributed by atoms with Gasteiger partial charge >= 0.3 is 0 Å². The molecule has 0 bridgehead atoms. The van der Waals surface area contributed by atoms with Crippen LogP contribution in [0.25, 0.3) is 6.08 Å². The molecule has 0 saturated carbocycles. The molecule has 1 aliphatic rings. The van der Waals surface area contributed by atoms with Crippen LogP contribution in [0.3, 0.4) is 0 Å². The number of carbonyl (C=O) groups excluding carboxylic acids is 1. The second kappa shape index (κ2) is 8.85. The molecule has 1 aromatic carbocycles. The first-order chi connectivity index (χ1) is 13.5. The van der Waals surface area contributed by atoms with E-state index < -0.39 is 5.91 Å². The maximum atomic E-state index is 13.0. The van der Waals surface area contributed by atoms with Gasteiger partial charge in [-0.1, -0.05) is 12.1 Å². The summed E-state index contributed by atoms with van der Waals surface area (Å²) in [5, 5.41) is 12.1.